The number of carbonyl (C=O) groups excluding carboxylic acids is 1. The molecule has 0 heterocycles. The summed E-state index contributed by atoms with van der Waals surface area (Å²) in [6, 6.07) is 0. The van der Waals surface area contributed by atoms with Gasteiger partial charge in [0.05, 0.1) is 6.61 Å². The maximum atomic E-state index is 11.8. The van der Waals surface area contributed by atoms with Crippen molar-refractivity contribution in [2.75, 3.05) is 6.61 Å². The van der Waals surface area contributed by atoms with Gasteiger partial charge in [-0.2, -0.15) is 0 Å². The molecule has 5 atom stereocenters. The SMILES string of the molecule is CCCCCCCCCCCCCCCCCCOC(=O)C(O)C(O)C(O)C(O)C(O)C(=O)O. The standard InChI is InChI=1S/C25H48O9/c1-2-3-4-5-6-7-8-9-10-11-12-13-14-15-16-17-18-34-25(33)23(30)21(28)19(26)20(27)22(29)24(31)32/h19-23,26-30H,2-18H2,1H3,(H,31,32). The van der Waals surface area contributed by atoms with E-state index in [1.807, 2.05) is 0 Å². The molecule has 0 aromatic rings. The van der Waals surface area contributed by atoms with Crippen molar-refractivity contribution in [3.63, 3.8) is 0 Å². The molecule has 0 rings (SSSR count). The summed E-state index contributed by atoms with van der Waals surface area (Å²) in [5.74, 6) is -3.01. The molecule has 0 amide bonds. The molecule has 0 saturated heterocycles. The molecule has 0 fully saturated rings. The molecule has 0 radical (unpaired) electrons. The van der Waals surface area contributed by atoms with Gasteiger partial charge in [-0.25, -0.2) is 9.59 Å². The lowest BCUT2D eigenvalue weighted by Crippen LogP contribution is -2.53. The highest BCUT2D eigenvalue weighted by molar-refractivity contribution is 5.75. The Hall–Kier alpha value is -1.26. The maximum Gasteiger partial charge on any atom is 0.337 e. The van der Waals surface area contributed by atoms with Gasteiger partial charge in [-0.05, 0) is 6.42 Å². The molecule has 0 aliphatic carbocycles. The van der Waals surface area contributed by atoms with Crippen molar-refractivity contribution in [2.45, 2.75) is 140 Å². The van der Waals surface area contributed by atoms with Crippen LogP contribution in [0.3, 0.4) is 0 Å². The Morgan fingerprint density at radius 2 is 0.912 bits per heavy atom. The number of carboxylic acids is 1. The molecule has 0 bridgehead atoms. The molecule has 0 aliphatic heterocycles. The number of esters is 1. The topological polar surface area (TPSA) is 165 Å². The molecule has 0 spiro atoms. The van der Waals surface area contributed by atoms with Crippen molar-refractivity contribution in [3.8, 4) is 0 Å². The Morgan fingerprint density at radius 1 is 0.559 bits per heavy atom. The van der Waals surface area contributed by atoms with Crippen molar-refractivity contribution >= 4 is 11.9 Å². The highest BCUT2D eigenvalue weighted by Crippen LogP contribution is 2.14. The Bertz CT molecular complexity index is 515. The van der Waals surface area contributed by atoms with Crippen molar-refractivity contribution in [1.29, 1.82) is 0 Å². The third kappa shape index (κ3) is 15.6. The summed E-state index contributed by atoms with van der Waals surface area (Å²) >= 11 is 0. The Labute approximate surface area is 204 Å². The second-order valence-electron chi connectivity index (χ2n) is 9.17. The third-order valence-corrected chi connectivity index (χ3v) is 6.08. The number of rotatable bonds is 23. The van der Waals surface area contributed by atoms with E-state index in [1.165, 1.54) is 77.0 Å². The summed E-state index contributed by atoms with van der Waals surface area (Å²) in [6.07, 6.45) is 8.12. The van der Waals surface area contributed by atoms with Crippen molar-refractivity contribution < 1.29 is 45.0 Å². The van der Waals surface area contributed by atoms with Crippen LogP contribution < -0.4 is 0 Å². The van der Waals surface area contributed by atoms with Crippen LogP contribution in [0.25, 0.3) is 0 Å². The summed E-state index contributed by atoms with van der Waals surface area (Å²) in [4.78, 5) is 22.4. The molecule has 0 aliphatic rings. The van der Waals surface area contributed by atoms with Crippen LogP contribution in [0.15, 0.2) is 0 Å². The quantitative estimate of drug-likeness (QED) is 0.0929. The smallest absolute Gasteiger partial charge is 0.337 e. The van der Waals surface area contributed by atoms with E-state index in [1.54, 1.807) is 0 Å². The molecule has 0 saturated carbocycles. The van der Waals surface area contributed by atoms with Gasteiger partial charge in [-0.15, -0.1) is 0 Å². The first kappa shape index (κ1) is 32.7. The van der Waals surface area contributed by atoms with Gasteiger partial charge in [-0.3, -0.25) is 0 Å². The van der Waals surface area contributed by atoms with Crippen LogP contribution in [0.5, 0.6) is 0 Å². The van der Waals surface area contributed by atoms with E-state index < -0.39 is 42.5 Å². The first-order chi connectivity index (χ1) is 16.2. The molecule has 202 valence electrons. The number of ether oxygens (including phenoxy) is 1. The van der Waals surface area contributed by atoms with E-state index in [0.717, 1.165) is 19.3 Å². The van der Waals surface area contributed by atoms with E-state index in [-0.39, 0.29) is 6.61 Å². The van der Waals surface area contributed by atoms with Crippen molar-refractivity contribution in [2.24, 2.45) is 0 Å². The summed E-state index contributed by atoms with van der Waals surface area (Å²) in [5.41, 5.74) is 0. The predicted octanol–water partition coefficient (Wildman–Crippen LogP) is 2.68. The zero-order chi connectivity index (χ0) is 25.8. The van der Waals surface area contributed by atoms with Crippen LogP contribution in [-0.4, -0.2) is 79.7 Å². The van der Waals surface area contributed by atoms with Gasteiger partial charge in [0, 0.05) is 0 Å². The molecule has 0 aromatic heterocycles. The second kappa shape index (κ2) is 21.1. The van der Waals surface area contributed by atoms with Gasteiger partial charge in [0.25, 0.3) is 0 Å². The molecular formula is C25H48O9. The lowest BCUT2D eigenvalue weighted by Gasteiger charge is -2.26. The van der Waals surface area contributed by atoms with E-state index in [2.05, 4.69) is 6.92 Å². The normalized spacial score (nSPS) is 15.9. The zero-order valence-electron chi connectivity index (χ0n) is 20.8. The molecule has 9 nitrogen and oxygen atoms in total. The van der Waals surface area contributed by atoms with Crippen LogP contribution in [0.4, 0.5) is 0 Å². The number of aliphatic hydroxyl groups is 5. The van der Waals surface area contributed by atoms with E-state index in [4.69, 9.17) is 9.84 Å². The number of aliphatic hydroxyl groups excluding tert-OH is 5. The summed E-state index contributed by atoms with van der Waals surface area (Å²) in [5, 5.41) is 56.4. The average Bonchev–Trinajstić information content (AvgIpc) is 2.83. The largest absolute Gasteiger partial charge is 0.479 e. The lowest BCUT2D eigenvalue weighted by molar-refractivity contribution is -0.178. The van der Waals surface area contributed by atoms with Gasteiger partial charge in [0.1, 0.15) is 18.3 Å². The van der Waals surface area contributed by atoms with Crippen LogP contribution >= 0.6 is 0 Å². The number of carboxylic acid groups (broad SMARTS) is 1. The second-order valence-corrected chi connectivity index (χ2v) is 9.17. The molecular weight excluding hydrogens is 444 g/mol. The van der Waals surface area contributed by atoms with Crippen LogP contribution in [0, 0.1) is 0 Å². The number of hydrogen-bond acceptors (Lipinski definition) is 8. The molecule has 9 heteroatoms. The fourth-order valence-electron chi connectivity index (χ4n) is 3.77. The maximum absolute atomic E-state index is 11.8. The summed E-state index contributed by atoms with van der Waals surface area (Å²) in [7, 11) is 0. The Morgan fingerprint density at radius 3 is 1.29 bits per heavy atom. The Balaban J connectivity index is 3.65. The summed E-state index contributed by atoms with van der Waals surface area (Å²) < 4.78 is 4.86. The predicted molar refractivity (Wildman–Crippen MR) is 128 cm³/mol. The first-order valence-electron chi connectivity index (χ1n) is 13.0. The highest BCUT2D eigenvalue weighted by atomic mass is 16.5. The van der Waals surface area contributed by atoms with Gasteiger partial charge < -0.3 is 35.4 Å². The van der Waals surface area contributed by atoms with Gasteiger partial charge in [0.2, 0.25) is 0 Å². The average molecular weight is 493 g/mol. The molecule has 5 unspecified atom stereocenters. The highest BCUT2D eigenvalue weighted by Gasteiger charge is 2.40. The van der Waals surface area contributed by atoms with Crippen LogP contribution in [0.2, 0.25) is 0 Å². The molecule has 0 aromatic carbocycles. The number of carbonyl (C=O) groups is 2. The molecule has 34 heavy (non-hydrogen) atoms. The fourth-order valence-corrected chi connectivity index (χ4v) is 3.77. The van der Waals surface area contributed by atoms with Gasteiger partial charge >= 0.3 is 11.9 Å². The number of hydrogen-bond donors (Lipinski definition) is 6. The van der Waals surface area contributed by atoms with Crippen LogP contribution in [0.1, 0.15) is 110 Å². The molecule has 6 N–H and O–H groups in total. The monoisotopic (exact) mass is 492 g/mol. The van der Waals surface area contributed by atoms with Gasteiger partial charge in [-0.1, -0.05) is 103 Å². The minimum absolute atomic E-state index is 0.0391. The minimum atomic E-state index is -2.38. The van der Waals surface area contributed by atoms with E-state index in [0.29, 0.717) is 6.42 Å². The minimum Gasteiger partial charge on any atom is -0.479 e. The Kier molecular flexibility index (Phi) is 20.3. The van der Waals surface area contributed by atoms with E-state index >= 15 is 0 Å². The van der Waals surface area contributed by atoms with Crippen molar-refractivity contribution in [1.82, 2.24) is 0 Å². The third-order valence-electron chi connectivity index (χ3n) is 6.08. The lowest BCUT2D eigenvalue weighted by atomic mass is 9.99. The number of aliphatic carboxylic acids is 1. The first-order valence-corrected chi connectivity index (χ1v) is 13.0. The van der Waals surface area contributed by atoms with Crippen LogP contribution in [-0.2, 0) is 14.3 Å². The fraction of sp³-hybridized carbons (Fsp3) is 0.920. The summed E-state index contributed by atoms with van der Waals surface area (Å²) in [6.45, 7) is 2.28. The zero-order valence-corrected chi connectivity index (χ0v) is 20.8. The van der Waals surface area contributed by atoms with Gasteiger partial charge in [0.15, 0.2) is 12.2 Å². The van der Waals surface area contributed by atoms with Crippen molar-refractivity contribution in [3.05, 3.63) is 0 Å². The van der Waals surface area contributed by atoms with E-state index in [9.17, 15) is 35.1 Å². The number of unbranched alkanes of at least 4 members (excludes halogenated alkanes) is 15.